The molecule has 3 atom stereocenters. The minimum atomic E-state index is -0.0688. The topological polar surface area (TPSA) is 51.2 Å². The van der Waals surface area contributed by atoms with E-state index in [0.29, 0.717) is 12.2 Å². The summed E-state index contributed by atoms with van der Waals surface area (Å²) in [5, 5.41) is 0. The lowest BCUT2D eigenvalue weighted by atomic mass is 9.67. The zero-order chi connectivity index (χ0) is 24.2. The Hall–Kier alpha value is -1.77. The third-order valence-corrected chi connectivity index (χ3v) is 8.56. The molecule has 0 amide bonds. The van der Waals surface area contributed by atoms with E-state index in [-0.39, 0.29) is 41.2 Å². The number of benzene rings is 1. The zero-order valence-electron chi connectivity index (χ0n) is 21.6. The van der Waals surface area contributed by atoms with Gasteiger partial charge in [0.05, 0.1) is 6.42 Å². The van der Waals surface area contributed by atoms with Gasteiger partial charge in [0.2, 0.25) is 0 Å². The van der Waals surface area contributed by atoms with Crippen molar-refractivity contribution >= 4 is 17.3 Å². The highest BCUT2D eigenvalue weighted by molar-refractivity contribution is 6.00. The molecule has 2 aliphatic carbocycles. The standard InChI is InChI=1S/C30H44O3/c1-6-11-23(25(7-2)27(32)16-20(3)31)17-22-18-24-12-13-26(21(4)29(24)28(33)19-22)30(5)14-9-8-10-15-30/h12-13,22-23,25H,6-11,14-19H2,1-5H3. The number of hydrogen-bond donors (Lipinski definition) is 0. The molecule has 1 saturated carbocycles. The minimum absolute atomic E-state index is 0.0475. The summed E-state index contributed by atoms with van der Waals surface area (Å²) in [5.74, 6) is 0.809. The van der Waals surface area contributed by atoms with Crippen molar-refractivity contribution in [2.24, 2.45) is 17.8 Å². The Morgan fingerprint density at radius 2 is 1.79 bits per heavy atom. The molecule has 3 rings (SSSR count). The Morgan fingerprint density at radius 3 is 2.39 bits per heavy atom. The van der Waals surface area contributed by atoms with Gasteiger partial charge in [-0.05, 0) is 79.9 Å². The van der Waals surface area contributed by atoms with E-state index in [1.165, 1.54) is 55.7 Å². The van der Waals surface area contributed by atoms with Gasteiger partial charge in [0, 0.05) is 17.9 Å². The van der Waals surface area contributed by atoms with Crippen LogP contribution in [0.2, 0.25) is 0 Å². The molecular weight excluding hydrogens is 408 g/mol. The van der Waals surface area contributed by atoms with E-state index in [1.54, 1.807) is 0 Å². The Bertz CT molecular complexity index is 875. The number of carbonyl (C=O) groups excluding carboxylic acids is 3. The summed E-state index contributed by atoms with van der Waals surface area (Å²) in [6.45, 7) is 10.3. The molecule has 1 fully saturated rings. The second kappa shape index (κ2) is 11.1. The van der Waals surface area contributed by atoms with Gasteiger partial charge < -0.3 is 0 Å². The fourth-order valence-electron chi connectivity index (χ4n) is 6.98. The van der Waals surface area contributed by atoms with Gasteiger partial charge in [-0.2, -0.15) is 0 Å². The maximum Gasteiger partial charge on any atom is 0.163 e. The first-order valence-corrected chi connectivity index (χ1v) is 13.4. The molecule has 0 saturated heterocycles. The molecule has 0 aromatic heterocycles. The molecule has 0 spiro atoms. The molecule has 0 bridgehead atoms. The second-order valence-electron chi connectivity index (χ2n) is 11.2. The number of carbonyl (C=O) groups is 3. The van der Waals surface area contributed by atoms with Gasteiger partial charge in [0.15, 0.2) is 5.78 Å². The van der Waals surface area contributed by atoms with E-state index in [1.807, 2.05) is 0 Å². The van der Waals surface area contributed by atoms with Crippen molar-refractivity contribution in [1.82, 2.24) is 0 Å². The summed E-state index contributed by atoms with van der Waals surface area (Å²) in [5.41, 5.74) is 5.00. The predicted octanol–water partition coefficient (Wildman–Crippen LogP) is 7.34. The van der Waals surface area contributed by atoms with Crippen molar-refractivity contribution in [1.29, 1.82) is 0 Å². The molecule has 1 aromatic carbocycles. The van der Waals surface area contributed by atoms with Crippen LogP contribution in [0, 0.1) is 24.7 Å². The number of ketones is 3. The average Bonchev–Trinajstić information content (AvgIpc) is 2.74. The summed E-state index contributed by atoms with van der Waals surface area (Å²) < 4.78 is 0. The summed E-state index contributed by atoms with van der Waals surface area (Å²) in [6.07, 6.45) is 11.6. The third-order valence-electron chi connectivity index (χ3n) is 8.56. The van der Waals surface area contributed by atoms with Crippen LogP contribution in [0.1, 0.15) is 125 Å². The van der Waals surface area contributed by atoms with Crippen LogP contribution in [-0.4, -0.2) is 17.3 Å². The fourth-order valence-corrected chi connectivity index (χ4v) is 6.98. The molecule has 33 heavy (non-hydrogen) atoms. The molecule has 3 nitrogen and oxygen atoms in total. The van der Waals surface area contributed by atoms with Crippen LogP contribution >= 0.6 is 0 Å². The first-order chi connectivity index (χ1) is 15.7. The molecule has 0 heterocycles. The van der Waals surface area contributed by atoms with Gasteiger partial charge in [-0.15, -0.1) is 0 Å². The van der Waals surface area contributed by atoms with Gasteiger partial charge >= 0.3 is 0 Å². The van der Waals surface area contributed by atoms with Crippen molar-refractivity contribution in [2.75, 3.05) is 0 Å². The molecule has 0 radical (unpaired) electrons. The minimum Gasteiger partial charge on any atom is -0.300 e. The first-order valence-electron chi connectivity index (χ1n) is 13.4. The molecule has 182 valence electrons. The molecule has 0 aliphatic heterocycles. The number of hydrogen-bond acceptors (Lipinski definition) is 3. The van der Waals surface area contributed by atoms with E-state index in [4.69, 9.17) is 0 Å². The van der Waals surface area contributed by atoms with Crippen LogP contribution in [0.4, 0.5) is 0 Å². The maximum atomic E-state index is 13.4. The second-order valence-corrected chi connectivity index (χ2v) is 11.2. The van der Waals surface area contributed by atoms with Crippen LogP contribution in [0.5, 0.6) is 0 Å². The highest BCUT2D eigenvalue weighted by Gasteiger charge is 2.36. The summed E-state index contributed by atoms with van der Waals surface area (Å²) in [4.78, 5) is 37.7. The number of fused-ring (bicyclic) bond motifs is 1. The fraction of sp³-hybridized carbons (Fsp3) is 0.700. The molecule has 3 heteroatoms. The van der Waals surface area contributed by atoms with Crippen molar-refractivity contribution in [3.63, 3.8) is 0 Å². The smallest absolute Gasteiger partial charge is 0.163 e. The van der Waals surface area contributed by atoms with Gasteiger partial charge in [0.1, 0.15) is 11.6 Å². The normalized spacial score (nSPS) is 21.8. The monoisotopic (exact) mass is 452 g/mol. The summed E-state index contributed by atoms with van der Waals surface area (Å²) in [7, 11) is 0. The Kier molecular flexibility index (Phi) is 8.70. The van der Waals surface area contributed by atoms with E-state index >= 15 is 0 Å². The Morgan fingerprint density at radius 1 is 1.09 bits per heavy atom. The van der Waals surface area contributed by atoms with Crippen molar-refractivity contribution in [3.05, 3.63) is 34.4 Å². The molecule has 2 aliphatic rings. The SMILES string of the molecule is CCCC(CC1CC(=O)c2c(ccc(C3(C)CCCCC3)c2C)C1)C(CC)C(=O)CC(C)=O. The number of rotatable bonds is 10. The Labute approximate surface area is 201 Å². The van der Waals surface area contributed by atoms with Crippen molar-refractivity contribution in [3.8, 4) is 0 Å². The molecule has 0 N–H and O–H groups in total. The number of Topliss-reactive ketones (excluding diaryl/α,β-unsaturated/α-hetero) is 3. The maximum absolute atomic E-state index is 13.4. The molecule has 1 aromatic rings. The van der Waals surface area contributed by atoms with E-state index < -0.39 is 0 Å². The molecular formula is C30H44O3. The quantitative estimate of drug-likeness (QED) is 0.349. The van der Waals surface area contributed by atoms with E-state index in [2.05, 4.69) is 39.8 Å². The summed E-state index contributed by atoms with van der Waals surface area (Å²) in [6, 6.07) is 4.54. The lowest BCUT2D eigenvalue weighted by molar-refractivity contribution is -0.129. The van der Waals surface area contributed by atoms with Crippen LogP contribution in [0.3, 0.4) is 0 Å². The zero-order valence-corrected chi connectivity index (χ0v) is 21.6. The Balaban J connectivity index is 1.80. The summed E-state index contributed by atoms with van der Waals surface area (Å²) >= 11 is 0. The third kappa shape index (κ3) is 5.84. The predicted molar refractivity (Wildman–Crippen MR) is 135 cm³/mol. The van der Waals surface area contributed by atoms with Gasteiger partial charge in [-0.25, -0.2) is 0 Å². The van der Waals surface area contributed by atoms with Gasteiger partial charge in [-0.3, -0.25) is 14.4 Å². The van der Waals surface area contributed by atoms with Crippen LogP contribution in [0.15, 0.2) is 12.1 Å². The highest BCUT2D eigenvalue weighted by atomic mass is 16.1. The average molecular weight is 453 g/mol. The van der Waals surface area contributed by atoms with Gasteiger partial charge in [0.25, 0.3) is 0 Å². The van der Waals surface area contributed by atoms with Crippen LogP contribution < -0.4 is 0 Å². The molecule has 3 unspecified atom stereocenters. The van der Waals surface area contributed by atoms with Crippen LogP contribution in [0.25, 0.3) is 0 Å². The van der Waals surface area contributed by atoms with Crippen LogP contribution in [-0.2, 0) is 21.4 Å². The lowest BCUT2D eigenvalue weighted by Crippen LogP contribution is -2.31. The largest absolute Gasteiger partial charge is 0.300 e. The van der Waals surface area contributed by atoms with E-state index in [9.17, 15) is 14.4 Å². The van der Waals surface area contributed by atoms with Crippen molar-refractivity contribution < 1.29 is 14.4 Å². The first kappa shape index (κ1) is 25.8. The highest BCUT2D eigenvalue weighted by Crippen LogP contribution is 2.43. The van der Waals surface area contributed by atoms with Crippen molar-refractivity contribution in [2.45, 2.75) is 117 Å². The van der Waals surface area contributed by atoms with Gasteiger partial charge in [-0.1, -0.05) is 65.0 Å². The van der Waals surface area contributed by atoms with E-state index in [0.717, 1.165) is 37.7 Å². The lowest BCUT2D eigenvalue weighted by Gasteiger charge is -2.37.